The molecule has 14 nitrogen and oxygen atoms in total. The number of rotatable bonds is 3. The van der Waals surface area contributed by atoms with Crippen LogP contribution >= 0.6 is 0 Å². The zero-order valence-corrected chi connectivity index (χ0v) is 25.3. The number of ether oxygens (including phenoxy) is 2. The first kappa shape index (κ1) is 33.1. The van der Waals surface area contributed by atoms with Crippen molar-refractivity contribution in [3.8, 4) is 11.5 Å². The molecule has 1 atom stereocenters. The van der Waals surface area contributed by atoms with Crippen LogP contribution < -0.4 is 20.1 Å². The molecule has 1 aromatic carbocycles. The van der Waals surface area contributed by atoms with Crippen LogP contribution in [0.2, 0.25) is 0 Å². The van der Waals surface area contributed by atoms with Gasteiger partial charge < -0.3 is 34.8 Å². The second-order valence-electron chi connectivity index (χ2n) is 10.7. The van der Waals surface area contributed by atoms with E-state index in [0.717, 1.165) is 10.5 Å². The molecule has 2 aliphatic heterocycles. The van der Waals surface area contributed by atoms with Crippen LogP contribution in [0.3, 0.4) is 0 Å². The Morgan fingerprint density at radius 2 is 1.70 bits per heavy atom. The van der Waals surface area contributed by atoms with E-state index in [1.807, 2.05) is 6.07 Å². The van der Waals surface area contributed by atoms with Crippen LogP contribution in [-0.4, -0.2) is 128 Å². The standard InChI is InChI=1S/C29H42N6O8/c1-20-28(40)32(2)13-5-6-14-34(26(38)18-35-27(39)17-33(3)29(35)41)15-7-12-30-24(36)11-9-21-8-10-22(42-4)23(16-21)43-19-25(37)31-20/h8,10,16,20H,5-7,9,11-15,17-19H2,1-4H3,(H,30,36)(H,31,37)/t20-/m0/s1. The first-order valence-electron chi connectivity index (χ1n) is 14.4. The molecule has 1 saturated heterocycles. The number of amides is 7. The number of urea groups is 1. The van der Waals surface area contributed by atoms with Crippen LogP contribution in [0, 0.1) is 0 Å². The molecule has 14 heteroatoms. The van der Waals surface area contributed by atoms with Crippen molar-refractivity contribution in [3.05, 3.63) is 23.8 Å². The smallest absolute Gasteiger partial charge is 0.327 e. The number of fused-ring (bicyclic) bond motifs is 2. The highest BCUT2D eigenvalue weighted by Gasteiger charge is 2.35. The average Bonchev–Trinajstić information content (AvgIpc) is 3.22. The summed E-state index contributed by atoms with van der Waals surface area (Å²) in [5, 5.41) is 5.52. The predicted octanol–water partition coefficient (Wildman–Crippen LogP) is -0.00760. The fourth-order valence-electron chi connectivity index (χ4n) is 4.83. The number of carbonyl (C=O) groups excluding carboxylic acids is 6. The molecule has 236 valence electrons. The van der Waals surface area contributed by atoms with Gasteiger partial charge in [0.1, 0.15) is 19.1 Å². The van der Waals surface area contributed by atoms with Crippen LogP contribution in [-0.2, 0) is 30.4 Å². The maximum absolute atomic E-state index is 13.1. The highest BCUT2D eigenvalue weighted by Crippen LogP contribution is 2.28. The molecular formula is C29H42N6O8. The molecule has 0 unspecified atom stereocenters. The van der Waals surface area contributed by atoms with Gasteiger partial charge in [-0.1, -0.05) is 6.07 Å². The lowest BCUT2D eigenvalue weighted by Gasteiger charge is -2.26. The Labute approximate surface area is 251 Å². The molecule has 3 rings (SSSR count). The Morgan fingerprint density at radius 3 is 2.40 bits per heavy atom. The Balaban J connectivity index is 1.69. The number of aryl methyl sites for hydroxylation is 1. The van der Waals surface area contributed by atoms with Gasteiger partial charge in [0.25, 0.3) is 11.8 Å². The lowest BCUT2D eigenvalue weighted by molar-refractivity contribution is -0.136. The molecule has 43 heavy (non-hydrogen) atoms. The summed E-state index contributed by atoms with van der Waals surface area (Å²) in [5.41, 5.74) is 0.812. The minimum atomic E-state index is -0.780. The fraction of sp³-hybridized carbons (Fsp3) is 0.586. The molecule has 0 spiro atoms. The summed E-state index contributed by atoms with van der Waals surface area (Å²) in [6, 6.07) is 3.93. The number of hydrogen-bond acceptors (Lipinski definition) is 8. The summed E-state index contributed by atoms with van der Waals surface area (Å²) >= 11 is 0. The van der Waals surface area contributed by atoms with Gasteiger partial charge in [-0.05, 0) is 50.3 Å². The highest BCUT2D eigenvalue weighted by atomic mass is 16.5. The Hall–Kier alpha value is -4.36. The number of methoxy groups -OCH3 is 1. The van der Waals surface area contributed by atoms with E-state index < -0.39 is 23.9 Å². The third kappa shape index (κ3) is 9.58. The Kier molecular flexibility index (Phi) is 12.1. The molecule has 7 amide bonds. The zero-order valence-electron chi connectivity index (χ0n) is 25.3. The van der Waals surface area contributed by atoms with Crippen molar-refractivity contribution >= 4 is 35.6 Å². The van der Waals surface area contributed by atoms with E-state index in [1.54, 1.807) is 31.0 Å². The van der Waals surface area contributed by atoms with E-state index in [9.17, 15) is 28.8 Å². The molecule has 0 radical (unpaired) electrons. The molecule has 2 aliphatic rings. The van der Waals surface area contributed by atoms with Crippen molar-refractivity contribution in [2.45, 2.75) is 45.1 Å². The van der Waals surface area contributed by atoms with E-state index in [1.165, 1.54) is 24.0 Å². The monoisotopic (exact) mass is 602 g/mol. The van der Waals surface area contributed by atoms with Gasteiger partial charge in [-0.2, -0.15) is 0 Å². The van der Waals surface area contributed by atoms with E-state index in [4.69, 9.17) is 9.47 Å². The lowest BCUT2D eigenvalue weighted by atomic mass is 10.1. The van der Waals surface area contributed by atoms with Gasteiger partial charge in [0.05, 0.1) is 7.11 Å². The third-order valence-corrected chi connectivity index (χ3v) is 7.33. The van der Waals surface area contributed by atoms with Gasteiger partial charge in [0.2, 0.25) is 17.7 Å². The van der Waals surface area contributed by atoms with Crippen molar-refractivity contribution < 1.29 is 38.2 Å². The van der Waals surface area contributed by atoms with Gasteiger partial charge in [-0.25, -0.2) is 4.79 Å². The van der Waals surface area contributed by atoms with E-state index in [0.29, 0.717) is 63.4 Å². The molecule has 2 heterocycles. The SMILES string of the molecule is COc1ccc2cc1OCC(=O)N[C@@H](C)C(=O)N(C)CCCCN(C(=O)CN1C(=O)CN(C)C1=O)CCCNC(=O)CC2. The maximum Gasteiger partial charge on any atom is 0.327 e. The first-order valence-corrected chi connectivity index (χ1v) is 14.4. The minimum absolute atomic E-state index is 0.0672. The van der Waals surface area contributed by atoms with Gasteiger partial charge in [0.15, 0.2) is 18.1 Å². The van der Waals surface area contributed by atoms with E-state index in [2.05, 4.69) is 10.6 Å². The quantitative estimate of drug-likeness (QED) is 0.458. The van der Waals surface area contributed by atoms with Crippen molar-refractivity contribution in [2.24, 2.45) is 0 Å². The molecule has 0 aromatic heterocycles. The molecule has 1 aromatic rings. The van der Waals surface area contributed by atoms with Gasteiger partial charge in [0, 0.05) is 46.7 Å². The van der Waals surface area contributed by atoms with Gasteiger partial charge in [-0.3, -0.25) is 28.9 Å². The molecule has 0 aliphatic carbocycles. The van der Waals surface area contributed by atoms with Crippen molar-refractivity contribution in [1.29, 1.82) is 0 Å². The molecule has 1 fully saturated rings. The summed E-state index contributed by atoms with van der Waals surface area (Å²) in [6.45, 7) is 2.27. The molecule has 2 N–H and O–H groups in total. The predicted molar refractivity (Wildman–Crippen MR) is 155 cm³/mol. The molecular weight excluding hydrogens is 560 g/mol. The summed E-state index contributed by atoms with van der Waals surface area (Å²) in [5.74, 6) is -0.907. The lowest BCUT2D eigenvalue weighted by Crippen LogP contribution is -2.47. The normalized spacial score (nSPS) is 20.6. The topological polar surface area (TPSA) is 158 Å². The van der Waals surface area contributed by atoms with Gasteiger partial charge in [-0.15, -0.1) is 0 Å². The number of carbonyl (C=O) groups is 6. The van der Waals surface area contributed by atoms with E-state index >= 15 is 0 Å². The second-order valence-corrected chi connectivity index (χ2v) is 10.7. The average molecular weight is 603 g/mol. The number of likely N-dealkylation sites (N-methyl/N-ethyl adjacent to an activating group) is 2. The summed E-state index contributed by atoms with van der Waals surface area (Å²) < 4.78 is 11.0. The van der Waals surface area contributed by atoms with Crippen LogP contribution in [0.1, 0.15) is 38.2 Å². The third-order valence-electron chi connectivity index (χ3n) is 7.33. The van der Waals surface area contributed by atoms with Gasteiger partial charge >= 0.3 is 6.03 Å². The number of nitrogens with one attached hydrogen (secondary N) is 2. The van der Waals surface area contributed by atoms with Crippen LogP contribution in [0.15, 0.2) is 18.2 Å². The maximum atomic E-state index is 13.1. The summed E-state index contributed by atoms with van der Waals surface area (Å²) in [6.07, 6.45) is 2.26. The van der Waals surface area contributed by atoms with Crippen LogP contribution in [0.25, 0.3) is 0 Å². The number of benzene rings is 1. The molecule has 0 saturated carbocycles. The number of hydrogen-bond donors (Lipinski definition) is 2. The fourth-order valence-corrected chi connectivity index (χ4v) is 4.83. The minimum Gasteiger partial charge on any atom is -0.493 e. The first-order chi connectivity index (χ1) is 20.5. The van der Waals surface area contributed by atoms with Crippen molar-refractivity contribution in [3.63, 3.8) is 0 Å². The number of imide groups is 1. The second kappa shape index (κ2) is 15.8. The largest absolute Gasteiger partial charge is 0.493 e. The van der Waals surface area contributed by atoms with Crippen molar-refractivity contribution in [2.75, 3.05) is 67.1 Å². The summed E-state index contributed by atoms with van der Waals surface area (Å²) in [7, 11) is 4.63. The highest BCUT2D eigenvalue weighted by molar-refractivity contribution is 6.04. The Bertz CT molecular complexity index is 1210. The summed E-state index contributed by atoms with van der Waals surface area (Å²) in [4.78, 5) is 80.8. The van der Waals surface area contributed by atoms with Crippen LogP contribution in [0.5, 0.6) is 11.5 Å². The van der Waals surface area contributed by atoms with E-state index in [-0.39, 0.29) is 43.8 Å². The molecule has 2 bridgehead atoms. The number of nitrogens with zero attached hydrogens (tertiary/aromatic N) is 4. The van der Waals surface area contributed by atoms with Crippen molar-refractivity contribution in [1.82, 2.24) is 30.2 Å². The Morgan fingerprint density at radius 1 is 0.977 bits per heavy atom. The van der Waals surface area contributed by atoms with Crippen LogP contribution in [0.4, 0.5) is 4.79 Å². The zero-order chi connectivity index (χ0) is 31.5.